The number of hydrogen-bond acceptors (Lipinski definition) is 4. The minimum Gasteiger partial charge on any atom is -0.478 e. The molecule has 3 aromatic rings. The molecule has 35 heavy (non-hydrogen) atoms. The standard InChI is InChI=1S/C28H31N5O2/c1-3-33(30-2)31-27(29)21-15-19-11-7-8-12-22(19)26-25(18-9-5-4-6-10-18)23-14-13-20(28(34)35)16-24(23)32(26)17-21/h7-8,11-16,18H,2-6,9-10,17H2,1H3,(H2,29,31)(H,34,35). The maximum absolute atomic E-state index is 11.9. The van der Waals surface area contributed by atoms with Crippen LogP contribution in [0.15, 0.2) is 58.2 Å². The molecular formula is C28H31N5O2. The molecule has 0 amide bonds. The van der Waals surface area contributed by atoms with Crippen LogP contribution in [0, 0.1) is 0 Å². The molecule has 180 valence electrons. The topological polar surface area (TPSA) is 96.2 Å². The van der Waals surface area contributed by atoms with E-state index in [0.29, 0.717) is 24.8 Å². The van der Waals surface area contributed by atoms with Crippen molar-refractivity contribution < 1.29 is 9.90 Å². The van der Waals surface area contributed by atoms with Crippen molar-refractivity contribution >= 4 is 35.5 Å². The van der Waals surface area contributed by atoms with Crippen molar-refractivity contribution in [3.05, 3.63) is 64.7 Å². The second-order valence-corrected chi connectivity index (χ2v) is 9.29. The van der Waals surface area contributed by atoms with Gasteiger partial charge in [0.1, 0.15) is 0 Å². The van der Waals surface area contributed by atoms with Crippen LogP contribution in [0.5, 0.6) is 0 Å². The number of aromatic nitrogens is 1. The van der Waals surface area contributed by atoms with Crippen LogP contribution in [0.1, 0.15) is 66.4 Å². The zero-order chi connectivity index (χ0) is 24.5. The number of hydrazone groups is 2. The van der Waals surface area contributed by atoms with Crippen molar-refractivity contribution in [1.29, 1.82) is 0 Å². The lowest BCUT2D eigenvalue weighted by Crippen LogP contribution is -2.23. The Morgan fingerprint density at radius 2 is 1.97 bits per heavy atom. The van der Waals surface area contributed by atoms with E-state index in [4.69, 9.17) is 5.73 Å². The Kier molecular flexibility index (Phi) is 6.16. The zero-order valence-electron chi connectivity index (χ0n) is 20.1. The van der Waals surface area contributed by atoms with E-state index in [2.05, 4.69) is 45.8 Å². The number of carboxylic acid groups (broad SMARTS) is 1. The van der Waals surface area contributed by atoms with Crippen LogP contribution >= 0.6 is 0 Å². The molecule has 0 atom stereocenters. The second kappa shape index (κ2) is 9.41. The number of fused-ring (bicyclic) bond motifs is 5. The van der Waals surface area contributed by atoms with Gasteiger partial charge in [0, 0.05) is 28.8 Å². The molecule has 1 aliphatic carbocycles. The van der Waals surface area contributed by atoms with Gasteiger partial charge < -0.3 is 15.4 Å². The number of rotatable bonds is 6. The Hall–Kier alpha value is -3.87. The van der Waals surface area contributed by atoms with E-state index in [1.807, 2.05) is 19.1 Å². The lowest BCUT2D eigenvalue weighted by molar-refractivity contribution is 0.0697. The quantitative estimate of drug-likeness (QED) is 0.277. The van der Waals surface area contributed by atoms with Gasteiger partial charge in [-0.2, -0.15) is 10.2 Å². The number of nitrogens with two attached hydrogens (primary N) is 1. The summed E-state index contributed by atoms with van der Waals surface area (Å²) in [7, 11) is 0. The van der Waals surface area contributed by atoms with Crippen LogP contribution < -0.4 is 5.73 Å². The lowest BCUT2D eigenvalue weighted by atomic mass is 9.81. The molecule has 7 nitrogen and oxygen atoms in total. The number of amidine groups is 1. The Balaban J connectivity index is 1.79. The largest absolute Gasteiger partial charge is 0.478 e. The van der Waals surface area contributed by atoms with Gasteiger partial charge >= 0.3 is 5.97 Å². The maximum Gasteiger partial charge on any atom is 0.335 e. The highest BCUT2D eigenvalue weighted by atomic mass is 16.4. The summed E-state index contributed by atoms with van der Waals surface area (Å²) in [5.74, 6) is -0.111. The molecule has 3 N–H and O–H groups in total. The molecule has 1 saturated carbocycles. The summed E-state index contributed by atoms with van der Waals surface area (Å²) in [5.41, 5.74) is 13.3. The SMILES string of the molecule is C=NN(CC)/N=C(\N)C1=Cc2ccccc2-c2c(C3CCCCC3)c3ccc(C(=O)O)cc3n2C1. The Morgan fingerprint density at radius 3 is 2.69 bits per heavy atom. The van der Waals surface area contributed by atoms with Gasteiger partial charge in [0.2, 0.25) is 0 Å². The van der Waals surface area contributed by atoms with Crippen molar-refractivity contribution in [3.8, 4) is 11.3 Å². The van der Waals surface area contributed by atoms with E-state index in [9.17, 15) is 9.90 Å². The first-order valence-electron chi connectivity index (χ1n) is 12.3. The number of benzene rings is 2. The average molecular weight is 470 g/mol. The van der Waals surface area contributed by atoms with E-state index in [1.165, 1.54) is 35.6 Å². The van der Waals surface area contributed by atoms with Gasteiger partial charge in [-0.15, -0.1) is 5.10 Å². The second-order valence-electron chi connectivity index (χ2n) is 9.29. The molecule has 1 aliphatic heterocycles. The molecule has 1 fully saturated rings. The summed E-state index contributed by atoms with van der Waals surface area (Å²) < 4.78 is 2.24. The minimum absolute atomic E-state index is 0.283. The van der Waals surface area contributed by atoms with Crippen LogP contribution in [-0.4, -0.2) is 39.9 Å². The molecule has 2 heterocycles. The van der Waals surface area contributed by atoms with Gasteiger partial charge in [0.05, 0.1) is 24.3 Å². The highest BCUT2D eigenvalue weighted by Crippen LogP contribution is 2.46. The number of carboxylic acids is 1. The first-order valence-corrected chi connectivity index (χ1v) is 12.3. The zero-order valence-corrected chi connectivity index (χ0v) is 20.1. The fourth-order valence-corrected chi connectivity index (χ4v) is 5.56. The normalized spacial score (nSPS) is 16.3. The van der Waals surface area contributed by atoms with Crippen LogP contribution in [-0.2, 0) is 6.54 Å². The summed E-state index contributed by atoms with van der Waals surface area (Å²) in [4.78, 5) is 11.9. The van der Waals surface area contributed by atoms with Crippen LogP contribution in [0.25, 0.3) is 28.2 Å². The number of nitrogens with zero attached hydrogens (tertiary/aromatic N) is 4. The van der Waals surface area contributed by atoms with E-state index in [0.717, 1.165) is 40.4 Å². The fraction of sp³-hybridized carbons (Fsp3) is 0.321. The third-order valence-corrected chi connectivity index (χ3v) is 7.24. The molecule has 0 unspecified atom stereocenters. The smallest absolute Gasteiger partial charge is 0.335 e. The summed E-state index contributed by atoms with van der Waals surface area (Å²) in [5, 5.41) is 20.7. The minimum atomic E-state index is -0.928. The van der Waals surface area contributed by atoms with Gasteiger partial charge in [-0.05, 0) is 55.0 Å². The highest BCUT2D eigenvalue weighted by Gasteiger charge is 2.29. The van der Waals surface area contributed by atoms with E-state index >= 15 is 0 Å². The summed E-state index contributed by atoms with van der Waals surface area (Å²) in [6.07, 6.45) is 8.10. The summed E-state index contributed by atoms with van der Waals surface area (Å²) in [6, 6.07) is 13.9. The molecular weight excluding hydrogens is 438 g/mol. The monoisotopic (exact) mass is 469 g/mol. The number of carbonyl (C=O) groups is 1. The molecule has 5 rings (SSSR count). The summed E-state index contributed by atoms with van der Waals surface area (Å²) >= 11 is 0. The first kappa shape index (κ1) is 22.9. The van der Waals surface area contributed by atoms with Crippen molar-refractivity contribution in [2.75, 3.05) is 6.54 Å². The average Bonchev–Trinajstić information content (AvgIpc) is 3.09. The predicted octanol–water partition coefficient (Wildman–Crippen LogP) is 5.66. The predicted molar refractivity (Wildman–Crippen MR) is 142 cm³/mol. The van der Waals surface area contributed by atoms with Crippen molar-refractivity contribution in [1.82, 2.24) is 9.69 Å². The van der Waals surface area contributed by atoms with Crippen LogP contribution in [0.3, 0.4) is 0 Å². The molecule has 2 aliphatic rings. The Morgan fingerprint density at radius 1 is 1.20 bits per heavy atom. The molecule has 7 heteroatoms. The van der Waals surface area contributed by atoms with E-state index < -0.39 is 5.97 Å². The molecule has 0 spiro atoms. The highest BCUT2D eigenvalue weighted by molar-refractivity contribution is 6.04. The third kappa shape index (κ3) is 4.11. The van der Waals surface area contributed by atoms with E-state index in [-0.39, 0.29) is 5.56 Å². The maximum atomic E-state index is 11.9. The molecule has 0 bridgehead atoms. The van der Waals surface area contributed by atoms with E-state index in [1.54, 1.807) is 12.1 Å². The van der Waals surface area contributed by atoms with Gasteiger partial charge in [0.25, 0.3) is 0 Å². The Bertz CT molecular complexity index is 1360. The van der Waals surface area contributed by atoms with Crippen molar-refractivity contribution in [3.63, 3.8) is 0 Å². The van der Waals surface area contributed by atoms with Crippen molar-refractivity contribution in [2.24, 2.45) is 15.9 Å². The number of aromatic carboxylic acids is 1. The molecule has 0 radical (unpaired) electrons. The van der Waals surface area contributed by atoms with Gasteiger partial charge in [-0.1, -0.05) is 49.6 Å². The fourth-order valence-electron chi connectivity index (χ4n) is 5.56. The van der Waals surface area contributed by atoms with Gasteiger partial charge in [-0.25, -0.2) is 4.79 Å². The first-order chi connectivity index (χ1) is 17.0. The van der Waals surface area contributed by atoms with Gasteiger partial charge in [-0.3, -0.25) is 0 Å². The number of hydrogen-bond donors (Lipinski definition) is 2. The lowest BCUT2D eigenvalue weighted by Gasteiger charge is -2.24. The third-order valence-electron chi connectivity index (χ3n) is 7.24. The Labute approximate surface area is 205 Å². The van der Waals surface area contributed by atoms with Crippen molar-refractivity contribution in [2.45, 2.75) is 51.5 Å². The summed E-state index contributed by atoms with van der Waals surface area (Å²) in [6.45, 7) is 6.55. The molecule has 2 aromatic carbocycles. The van der Waals surface area contributed by atoms with Crippen LogP contribution in [0.2, 0.25) is 0 Å². The van der Waals surface area contributed by atoms with Gasteiger partial charge in [0.15, 0.2) is 5.84 Å². The molecule has 0 saturated heterocycles. The molecule has 1 aromatic heterocycles. The van der Waals surface area contributed by atoms with Crippen LogP contribution in [0.4, 0.5) is 0 Å².